The van der Waals surface area contributed by atoms with Gasteiger partial charge in [-0.05, 0) is 42.3 Å². The topological polar surface area (TPSA) is 111 Å². The van der Waals surface area contributed by atoms with Crippen LogP contribution in [0.3, 0.4) is 0 Å². The third kappa shape index (κ3) is 8.92. The standard InChI is InChI=1S/C20H19Cl3N2O2.HNO3/c21-15-4-6-16(7-5-15)26-12-1-13-27-20-17(22)8-2-14(19(20)23)3-9-18-24-10-11-25-18;2-1(3)4/h2,4-8,10-11H,1,3,9,12-13H2,(H,24,25);(H,2,3,4). The predicted octanol–water partition coefficient (Wildman–Crippen LogP) is 5.66. The second-order valence-electron chi connectivity index (χ2n) is 6.13. The number of imidazole rings is 1. The average molecular weight is 489 g/mol. The minimum absolute atomic E-state index is 0.453. The summed E-state index contributed by atoms with van der Waals surface area (Å²) in [4.78, 5) is 15.7. The zero-order valence-corrected chi connectivity index (χ0v) is 18.5. The summed E-state index contributed by atoms with van der Waals surface area (Å²) >= 11 is 18.6. The van der Waals surface area contributed by atoms with Gasteiger partial charge in [0.1, 0.15) is 11.6 Å². The molecule has 0 unspecified atom stereocenters. The first-order chi connectivity index (χ1) is 14.9. The van der Waals surface area contributed by atoms with Gasteiger partial charge in [0.15, 0.2) is 5.75 Å². The number of aromatic nitrogens is 2. The van der Waals surface area contributed by atoms with Crippen molar-refractivity contribution in [2.45, 2.75) is 19.3 Å². The number of benzene rings is 2. The SMILES string of the molecule is Clc1ccc(OCCCOc2c(Cl)ccc(CCc3ncc[nH]3)c2Cl)cc1.O=[N+]([O-])O. The van der Waals surface area contributed by atoms with E-state index in [1.54, 1.807) is 24.5 Å². The van der Waals surface area contributed by atoms with Gasteiger partial charge in [0.05, 0.1) is 23.3 Å². The highest BCUT2D eigenvalue weighted by Crippen LogP contribution is 2.36. The van der Waals surface area contributed by atoms with Crippen molar-refractivity contribution in [2.75, 3.05) is 13.2 Å². The number of rotatable bonds is 9. The highest BCUT2D eigenvalue weighted by Gasteiger charge is 2.12. The molecule has 3 aromatic rings. The fourth-order valence-corrected chi connectivity index (χ4v) is 3.24. The molecule has 0 amide bonds. The monoisotopic (exact) mass is 487 g/mol. The van der Waals surface area contributed by atoms with Crippen molar-refractivity contribution < 1.29 is 19.8 Å². The fraction of sp³-hybridized carbons (Fsp3) is 0.250. The van der Waals surface area contributed by atoms with Crippen LogP contribution in [0.4, 0.5) is 0 Å². The Bertz CT molecular complexity index is 949. The van der Waals surface area contributed by atoms with Crippen molar-refractivity contribution in [3.8, 4) is 11.5 Å². The maximum Gasteiger partial charge on any atom is 0.291 e. The number of nitrogens with one attached hydrogen (secondary N) is 1. The second-order valence-corrected chi connectivity index (χ2v) is 7.35. The first kappa shape index (κ1) is 24.6. The van der Waals surface area contributed by atoms with Crippen LogP contribution in [0.15, 0.2) is 48.8 Å². The Morgan fingerprint density at radius 1 is 1.03 bits per heavy atom. The molecule has 2 N–H and O–H groups in total. The second kappa shape index (κ2) is 12.9. The Morgan fingerprint density at radius 2 is 1.71 bits per heavy atom. The van der Waals surface area contributed by atoms with Crippen molar-refractivity contribution in [1.82, 2.24) is 9.97 Å². The Morgan fingerprint density at radius 3 is 2.35 bits per heavy atom. The summed E-state index contributed by atoms with van der Waals surface area (Å²) in [7, 11) is 0. The lowest BCUT2D eigenvalue weighted by molar-refractivity contribution is -0.742. The molecule has 0 atom stereocenters. The zero-order chi connectivity index (χ0) is 22.6. The molecule has 1 aromatic heterocycles. The molecule has 31 heavy (non-hydrogen) atoms. The van der Waals surface area contributed by atoms with Crippen LogP contribution in [-0.4, -0.2) is 33.5 Å². The van der Waals surface area contributed by atoms with Gasteiger partial charge in [-0.3, -0.25) is 0 Å². The first-order valence-electron chi connectivity index (χ1n) is 9.16. The molecule has 1 heterocycles. The van der Waals surface area contributed by atoms with Crippen LogP contribution >= 0.6 is 34.8 Å². The van der Waals surface area contributed by atoms with E-state index in [1.165, 1.54) is 0 Å². The summed E-state index contributed by atoms with van der Waals surface area (Å²) in [6.07, 6.45) is 5.76. The first-order valence-corrected chi connectivity index (χ1v) is 10.3. The molecule has 0 aliphatic rings. The van der Waals surface area contributed by atoms with Gasteiger partial charge in [0.2, 0.25) is 0 Å². The minimum Gasteiger partial charge on any atom is -0.493 e. The molecule has 2 aromatic carbocycles. The number of ether oxygens (including phenoxy) is 2. The number of hydrogen-bond donors (Lipinski definition) is 2. The molecule has 0 radical (unpaired) electrons. The summed E-state index contributed by atoms with van der Waals surface area (Å²) in [5, 5.41) is 15.4. The fourth-order valence-electron chi connectivity index (χ4n) is 2.54. The maximum atomic E-state index is 8.36. The van der Waals surface area contributed by atoms with Crippen molar-refractivity contribution in [3.05, 3.63) is 85.4 Å². The van der Waals surface area contributed by atoms with E-state index in [0.717, 1.165) is 30.0 Å². The number of H-pyrrole nitrogens is 1. The molecule has 0 spiro atoms. The van der Waals surface area contributed by atoms with Crippen LogP contribution < -0.4 is 9.47 Å². The van der Waals surface area contributed by atoms with E-state index in [-0.39, 0.29) is 0 Å². The van der Waals surface area contributed by atoms with Crippen LogP contribution in [0, 0.1) is 10.1 Å². The lowest BCUT2D eigenvalue weighted by atomic mass is 10.1. The smallest absolute Gasteiger partial charge is 0.291 e. The molecule has 11 heteroatoms. The van der Waals surface area contributed by atoms with E-state index in [2.05, 4.69) is 9.97 Å². The van der Waals surface area contributed by atoms with Gasteiger partial charge in [0, 0.05) is 30.3 Å². The third-order valence-electron chi connectivity index (χ3n) is 3.93. The predicted molar refractivity (Wildman–Crippen MR) is 118 cm³/mol. The van der Waals surface area contributed by atoms with E-state index < -0.39 is 5.09 Å². The van der Waals surface area contributed by atoms with E-state index in [9.17, 15) is 0 Å². The van der Waals surface area contributed by atoms with Gasteiger partial charge < -0.3 is 19.7 Å². The van der Waals surface area contributed by atoms with E-state index in [4.69, 9.17) is 59.6 Å². The Labute approximate surface area is 193 Å². The van der Waals surface area contributed by atoms with Crippen molar-refractivity contribution >= 4 is 34.8 Å². The summed E-state index contributed by atoms with van der Waals surface area (Å²) in [6, 6.07) is 11.0. The number of aryl methyl sites for hydroxylation is 2. The molecule has 3 rings (SSSR count). The van der Waals surface area contributed by atoms with Crippen LogP contribution in [0.1, 0.15) is 17.8 Å². The molecule has 0 saturated carbocycles. The van der Waals surface area contributed by atoms with Gasteiger partial charge in [-0.25, -0.2) is 4.98 Å². The lowest BCUT2D eigenvalue weighted by Crippen LogP contribution is -2.06. The normalized spacial score (nSPS) is 10.2. The zero-order valence-electron chi connectivity index (χ0n) is 16.3. The van der Waals surface area contributed by atoms with Gasteiger partial charge >= 0.3 is 0 Å². The summed E-state index contributed by atoms with van der Waals surface area (Å²) < 4.78 is 11.5. The molecule has 0 bridgehead atoms. The molecule has 0 aliphatic heterocycles. The van der Waals surface area contributed by atoms with Crippen LogP contribution in [0.2, 0.25) is 15.1 Å². The van der Waals surface area contributed by atoms with Crippen LogP contribution in [-0.2, 0) is 12.8 Å². The number of halogens is 3. The van der Waals surface area contributed by atoms with Crippen LogP contribution in [0.25, 0.3) is 0 Å². The van der Waals surface area contributed by atoms with Crippen molar-refractivity contribution in [3.63, 3.8) is 0 Å². The van der Waals surface area contributed by atoms with E-state index in [0.29, 0.717) is 40.5 Å². The van der Waals surface area contributed by atoms with Gasteiger partial charge in [-0.2, -0.15) is 0 Å². The maximum absolute atomic E-state index is 8.36. The van der Waals surface area contributed by atoms with Crippen LogP contribution in [0.5, 0.6) is 11.5 Å². The average Bonchev–Trinajstić information content (AvgIpc) is 3.24. The third-order valence-corrected chi connectivity index (χ3v) is 4.90. The van der Waals surface area contributed by atoms with Gasteiger partial charge in [-0.1, -0.05) is 40.9 Å². The molecule has 166 valence electrons. The quantitative estimate of drug-likeness (QED) is 0.228. The minimum atomic E-state index is -1.50. The highest BCUT2D eigenvalue weighted by atomic mass is 35.5. The number of hydrogen-bond acceptors (Lipinski definition) is 5. The van der Waals surface area contributed by atoms with Crippen molar-refractivity contribution in [2.24, 2.45) is 0 Å². The lowest BCUT2D eigenvalue weighted by Gasteiger charge is -2.13. The molecular weight excluding hydrogens is 469 g/mol. The summed E-state index contributed by atoms with van der Waals surface area (Å²) in [5.41, 5.74) is 0.977. The van der Waals surface area contributed by atoms with Gasteiger partial charge in [-0.15, -0.1) is 10.1 Å². The van der Waals surface area contributed by atoms with Gasteiger partial charge in [0.25, 0.3) is 5.09 Å². The van der Waals surface area contributed by atoms with E-state index >= 15 is 0 Å². The molecule has 0 saturated heterocycles. The summed E-state index contributed by atoms with van der Waals surface area (Å²) in [6.45, 7) is 0.976. The number of nitrogens with zero attached hydrogens (tertiary/aromatic N) is 2. The molecular formula is C20H20Cl3N3O5. The number of aromatic amines is 1. The molecule has 0 fully saturated rings. The summed E-state index contributed by atoms with van der Waals surface area (Å²) in [5.74, 6) is 2.21. The Kier molecular flexibility index (Phi) is 10.2. The molecule has 8 nitrogen and oxygen atoms in total. The largest absolute Gasteiger partial charge is 0.493 e. The Hall–Kier alpha value is -2.68. The Balaban J connectivity index is 0.000000785. The van der Waals surface area contributed by atoms with Crippen molar-refractivity contribution in [1.29, 1.82) is 0 Å². The molecule has 0 aliphatic carbocycles. The van der Waals surface area contributed by atoms with E-state index in [1.807, 2.05) is 24.3 Å². The highest BCUT2D eigenvalue weighted by molar-refractivity contribution is 6.37.